The molecular formula is C22H20FN3O4S2. The molecule has 0 saturated carbocycles. The number of rotatable bonds is 6. The van der Waals surface area contributed by atoms with E-state index < -0.39 is 15.8 Å². The zero-order valence-corrected chi connectivity index (χ0v) is 18.7. The lowest BCUT2D eigenvalue weighted by Crippen LogP contribution is -2.24. The second-order valence-corrected chi connectivity index (χ2v) is 9.91. The Morgan fingerprint density at radius 3 is 2.72 bits per heavy atom. The van der Waals surface area contributed by atoms with E-state index in [1.54, 1.807) is 35.7 Å². The monoisotopic (exact) mass is 473 g/mol. The first-order valence-corrected chi connectivity index (χ1v) is 12.2. The molecule has 1 N–H and O–H groups in total. The van der Waals surface area contributed by atoms with Crippen LogP contribution in [0.1, 0.15) is 12.0 Å². The number of thiazole rings is 1. The third-order valence-corrected chi connectivity index (χ3v) is 7.51. The van der Waals surface area contributed by atoms with Gasteiger partial charge in [0, 0.05) is 23.6 Å². The molecule has 10 heteroatoms. The number of benzene rings is 2. The van der Waals surface area contributed by atoms with Gasteiger partial charge in [0.15, 0.2) is 5.13 Å². The number of nitrogens with zero attached hydrogens (tertiary/aromatic N) is 2. The summed E-state index contributed by atoms with van der Waals surface area (Å²) >= 11 is 1.22. The van der Waals surface area contributed by atoms with Crippen molar-refractivity contribution in [3.63, 3.8) is 0 Å². The molecule has 2 aromatic carbocycles. The molecule has 0 spiro atoms. The molecule has 1 saturated heterocycles. The van der Waals surface area contributed by atoms with Crippen LogP contribution in [0.15, 0.2) is 53.9 Å². The number of ether oxygens (including phenoxy) is 1. The van der Waals surface area contributed by atoms with Gasteiger partial charge in [0.25, 0.3) is 0 Å². The minimum absolute atomic E-state index is 0.166. The Balaban J connectivity index is 1.41. The predicted molar refractivity (Wildman–Crippen MR) is 124 cm³/mol. The predicted octanol–water partition coefficient (Wildman–Crippen LogP) is 4.15. The van der Waals surface area contributed by atoms with Gasteiger partial charge in [0.05, 0.1) is 24.2 Å². The Bertz CT molecular complexity index is 1270. The molecule has 32 heavy (non-hydrogen) atoms. The molecule has 4 rings (SSSR count). The second-order valence-electron chi connectivity index (χ2n) is 7.04. The molecule has 1 aliphatic rings. The summed E-state index contributed by atoms with van der Waals surface area (Å²) in [6.45, 7) is 0.483. The maximum Gasteiger partial charge on any atom is 0.250 e. The van der Waals surface area contributed by atoms with Gasteiger partial charge in [-0.25, -0.2) is 17.8 Å². The molecule has 3 aromatic rings. The van der Waals surface area contributed by atoms with Crippen molar-refractivity contribution in [2.45, 2.75) is 6.42 Å². The minimum Gasteiger partial charge on any atom is -0.496 e. The zero-order valence-electron chi connectivity index (χ0n) is 17.1. The van der Waals surface area contributed by atoms with Crippen LogP contribution in [0.5, 0.6) is 5.75 Å². The fraction of sp³-hybridized carbons (Fsp3) is 0.182. The van der Waals surface area contributed by atoms with Crippen LogP contribution in [0.4, 0.5) is 15.2 Å². The highest BCUT2D eigenvalue weighted by atomic mass is 32.2. The molecule has 1 fully saturated rings. The van der Waals surface area contributed by atoms with Crippen LogP contribution in [0, 0.1) is 5.82 Å². The normalized spacial score (nSPS) is 15.2. The second kappa shape index (κ2) is 9.09. The van der Waals surface area contributed by atoms with E-state index in [2.05, 4.69) is 10.3 Å². The van der Waals surface area contributed by atoms with Crippen LogP contribution in [-0.2, 0) is 14.8 Å². The number of carbonyl (C=O) groups excluding carboxylic acids is 1. The molecule has 2 heterocycles. The zero-order chi connectivity index (χ0) is 22.7. The van der Waals surface area contributed by atoms with Crippen molar-refractivity contribution in [3.8, 4) is 17.0 Å². The summed E-state index contributed by atoms with van der Waals surface area (Å²) in [6.07, 6.45) is 3.61. The largest absolute Gasteiger partial charge is 0.496 e. The minimum atomic E-state index is -3.22. The third-order valence-electron chi connectivity index (χ3n) is 4.88. The summed E-state index contributed by atoms with van der Waals surface area (Å²) in [7, 11) is -1.73. The molecule has 1 amide bonds. The molecule has 1 aromatic heterocycles. The van der Waals surface area contributed by atoms with Crippen LogP contribution in [0.2, 0.25) is 0 Å². The quantitative estimate of drug-likeness (QED) is 0.544. The number of aromatic nitrogens is 1. The molecule has 0 unspecified atom stereocenters. The van der Waals surface area contributed by atoms with Gasteiger partial charge in [-0.15, -0.1) is 11.3 Å². The van der Waals surface area contributed by atoms with E-state index >= 15 is 0 Å². The van der Waals surface area contributed by atoms with Gasteiger partial charge in [-0.2, -0.15) is 0 Å². The van der Waals surface area contributed by atoms with E-state index in [0.29, 0.717) is 40.8 Å². The number of carbonyl (C=O) groups is 1. The highest BCUT2D eigenvalue weighted by Crippen LogP contribution is 2.32. The highest BCUT2D eigenvalue weighted by Gasteiger charge is 2.28. The fourth-order valence-electron chi connectivity index (χ4n) is 3.34. The lowest BCUT2D eigenvalue weighted by Gasteiger charge is -2.16. The topological polar surface area (TPSA) is 88.6 Å². The first-order valence-electron chi connectivity index (χ1n) is 9.75. The van der Waals surface area contributed by atoms with Crippen LogP contribution in [0.25, 0.3) is 17.3 Å². The third kappa shape index (κ3) is 4.81. The van der Waals surface area contributed by atoms with Crippen LogP contribution in [0.3, 0.4) is 0 Å². The van der Waals surface area contributed by atoms with Gasteiger partial charge in [0.2, 0.25) is 15.9 Å². The standard InChI is InChI=1S/C22H20FN3O4S2/c1-30-20-9-6-16(23)13-18(20)19-14-31-22(24-19)25-21(27)10-5-15-3-7-17(8-4-15)26-11-2-12-32(26,28)29/h3-10,13-14H,2,11-12H2,1H3,(H,24,25,27)/b10-5+. The number of hydrogen-bond acceptors (Lipinski definition) is 6. The van der Waals surface area contributed by atoms with Crippen molar-refractivity contribution in [2.24, 2.45) is 0 Å². The van der Waals surface area contributed by atoms with Crippen molar-refractivity contribution in [1.82, 2.24) is 4.98 Å². The van der Waals surface area contributed by atoms with E-state index in [-0.39, 0.29) is 11.7 Å². The Kier molecular flexibility index (Phi) is 6.24. The van der Waals surface area contributed by atoms with E-state index in [9.17, 15) is 17.6 Å². The van der Waals surface area contributed by atoms with Gasteiger partial charge in [-0.3, -0.25) is 14.4 Å². The van der Waals surface area contributed by atoms with Gasteiger partial charge in [-0.1, -0.05) is 12.1 Å². The van der Waals surface area contributed by atoms with E-state index in [0.717, 1.165) is 5.56 Å². The number of amides is 1. The Hall–Kier alpha value is -3.24. The number of methoxy groups -OCH3 is 1. The fourth-order valence-corrected chi connectivity index (χ4v) is 5.61. The van der Waals surface area contributed by atoms with Gasteiger partial charge < -0.3 is 4.74 Å². The summed E-state index contributed by atoms with van der Waals surface area (Å²) in [5, 5.41) is 4.76. The summed E-state index contributed by atoms with van der Waals surface area (Å²) in [5.74, 6) is -0.127. The summed E-state index contributed by atoms with van der Waals surface area (Å²) in [6, 6.07) is 11.1. The first-order chi connectivity index (χ1) is 15.4. The van der Waals surface area contributed by atoms with E-state index in [1.165, 1.54) is 47.0 Å². The van der Waals surface area contributed by atoms with Crippen molar-refractivity contribution < 1.29 is 22.3 Å². The lowest BCUT2D eigenvalue weighted by atomic mass is 10.1. The Labute approximate surface area is 189 Å². The van der Waals surface area contributed by atoms with Crippen molar-refractivity contribution in [1.29, 1.82) is 0 Å². The molecule has 0 radical (unpaired) electrons. The number of sulfonamides is 1. The molecule has 7 nitrogen and oxygen atoms in total. The van der Waals surface area contributed by atoms with Crippen molar-refractivity contribution >= 4 is 44.2 Å². The average molecular weight is 474 g/mol. The van der Waals surface area contributed by atoms with Gasteiger partial charge in [-0.05, 0) is 48.4 Å². The van der Waals surface area contributed by atoms with Crippen molar-refractivity contribution in [2.75, 3.05) is 29.0 Å². The summed E-state index contributed by atoms with van der Waals surface area (Å²) in [5.41, 5.74) is 2.37. The average Bonchev–Trinajstić information content (AvgIpc) is 3.38. The number of anilines is 2. The Morgan fingerprint density at radius 2 is 2.03 bits per heavy atom. The van der Waals surface area contributed by atoms with Gasteiger partial charge in [0.1, 0.15) is 11.6 Å². The number of nitrogens with one attached hydrogen (secondary N) is 1. The molecular weight excluding hydrogens is 453 g/mol. The van der Waals surface area contributed by atoms with Crippen LogP contribution >= 0.6 is 11.3 Å². The number of halogens is 1. The first kappa shape index (κ1) is 22.0. The summed E-state index contributed by atoms with van der Waals surface area (Å²) in [4.78, 5) is 16.6. The molecule has 0 bridgehead atoms. The van der Waals surface area contributed by atoms with E-state index in [1.807, 2.05) is 0 Å². The lowest BCUT2D eigenvalue weighted by molar-refractivity contribution is -0.111. The highest BCUT2D eigenvalue weighted by molar-refractivity contribution is 7.93. The smallest absolute Gasteiger partial charge is 0.250 e. The SMILES string of the molecule is COc1ccc(F)cc1-c1csc(NC(=O)/C=C/c2ccc(N3CCCS3(=O)=O)cc2)n1. The molecule has 0 atom stereocenters. The van der Waals surface area contributed by atoms with Crippen molar-refractivity contribution in [3.05, 3.63) is 65.3 Å². The molecule has 0 aliphatic carbocycles. The van der Waals surface area contributed by atoms with Gasteiger partial charge >= 0.3 is 0 Å². The van der Waals surface area contributed by atoms with Crippen LogP contribution < -0.4 is 14.4 Å². The van der Waals surface area contributed by atoms with Crippen LogP contribution in [-0.4, -0.2) is 38.7 Å². The summed E-state index contributed by atoms with van der Waals surface area (Å²) < 4.78 is 44.3. The molecule has 1 aliphatic heterocycles. The Morgan fingerprint density at radius 1 is 1.25 bits per heavy atom. The molecule has 166 valence electrons. The van der Waals surface area contributed by atoms with E-state index in [4.69, 9.17) is 4.74 Å². The maximum atomic E-state index is 13.6. The maximum absolute atomic E-state index is 13.6. The number of hydrogen-bond donors (Lipinski definition) is 1.